The topological polar surface area (TPSA) is 18.5 Å². The maximum absolute atomic E-state index is 6.50. The van der Waals surface area contributed by atoms with E-state index in [0.29, 0.717) is 35.9 Å². The van der Waals surface area contributed by atoms with Gasteiger partial charge in [-0.3, -0.25) is 0 Å². The number of hydrogen-bond donors (Lipinski definition) is 0. The third kappa shape index (κ3) is 3.28. The van der Waals surface area contributed by atoms with E-state index in [4.69, 9.17) is 8.85 Å². The number of rotatable bonds is 4. The summed E-state index contributed by atoms with van der Waals surface area (Å²) >= 11 is 0. The molecule has 0 aromatic carbocycles. The highest BCUT2D eigenvalue weighted by Gasteiger charge is 2.53. The molecule has 2 bridgehead atoms. The van der Waals surface area contributed by atoms with Gasteiger partial charge in [0.15, 0.2) is 16.6 Å². The first-order valence-corrected chi connectivity index (χ1v) is 15.2. The third-order valence-corrected chi connectivity index (χ3v) is 6.77. The zero-order valence-electron chi connectivity index (χ0n) is 14.3. The molecule has 118 valence electrons. The smallest absolute Gasteiger partial charge is 0.184 e. The van der Waals surface area contributed by atoms with Crippen LogP contribution in [0.1, 0.15) is 6.42 Å². The van der Waals surface area contributed by atoms with Crippen LogP contribution in [0.15, 0.2) is 24.3 Å². The predicted molar refractivity (Wildman–Crippen MR) is 93.3 cm³/mol. The lowest BCUT2D eigenvalue weighted by Gasteiger charge is -2.43. The zero-order chi connectivity index (χ0) is 15.4. The zero-order valence-corrected chi connectivity index (χ0v) is 16.3. The van der Waals surface area contributed by atoms with E-state index >= 15 is 0 Å². The molecule has 21 heavy (non-hydrogen) atoms. The minimum Gasteiger partial charge on any atom is -0.411 e. The Kier molecular flexibility index (Phi) is 3.88. The van der Waals surface area contributed by atoms with Crippen molar-refractivity contribution in [3.8, 4) is 0 Å². The molecule has 0 saturated heterocycles. The van der Waals surface area contributed by atoms with Gasteiger partial charge in [-0.25, -0.2) is 0 Å². The van der Waals surface area contributed by atoms with Gasteiger partial charge in [0.25, 0.3) is 0 Å². The van der Waals surface area contributed by atoms with Crippen LogP contribution in [0.2, 0.25) is 39.3 Å². The van der Waals surface area contributed by atoms with Crippen molar-refractivity contribution >= 4 is 16.6 Å². The highest BCUT2D eigenvalue weighted by molar-refractivity contribution is 6.70. The van der Waals surface area contributed by atoms with E-state index in [0.717, 1.165) is 0 Å². The van der Waals surface area contributed by atoms with Crippen molar-refractivity contribution in [1.82, 2.24) is 0 Å². The highest BCUT2D eigenvalue weighted by atomic mass is 28.4. The van der Waals surface area contributed by atoms with E-state index in [2.05, 4.69) is 63.6 Å². The van der Waals surface area contributed by atoms with Gasteiger partial charge in [-0.1, -0.05) is 24.3 Å². The molecule has 0 N–H and O–H groups in total. The fourth-order valence-corrected chi connectivity index (χ4v) is 6.46. The minimum absolute atomic E-state index is 0.308. The van der Waals surface area contributed by atoms with Gasteiger partial charge in [-0.15, -0.1) is 0 Å². The Hall–Kier alpha value is -0.166. The molecule has 0 aromatic rings. The molecule has 0 heterocycles. The average Bonchev–Trinajstić information content (AvgIpc) is 2.89. The van der Waals surface area contributed by atoms with E-state index in [-0.39, 0.29) is 0 Å². The van der Waals surface area contributed by atoms with Gasteiger partial charge in [0.1, 0.15) is 0 Å². The molecule has 0 amide bonds. The van der Waals surface area contributed by atoms with Crippen LogP contribution in [-0.2, 0) is 8.85 Å². The van der Waals surface area contributed by atoms with Crippen molar-refractivity contribution in [2.45, 2.75) is 57.9 Å². The van der Waals surface area contributed by atoms with Crippen molar-refractivity contribution in [2.24, 2.45) is 23.7 Å². The van der Waals surface area contributed by atoms with E-state index < -0.39 is 16.6 Å². The molecule has 6 atom stereocenters. The fraction of sp³-hybridized carbons (Fsp3) is 0.765. The molecule has 0 aliphatic heterocycles. The summed E-state index contributed by atoms with van der Waals surface area (Å²) in [5, 5.41) is 0. The fourth-order valence-electron chi connectivity index (χ4n) is 4.35. The molecule has 1 fully saturated rings. The quantitative estimate of drug-likeness (QED) is 0.563. The SMILES string of the molecule is C[Si](C)(C)O[C@H]1C=C[C@@H](O[Si](C)(C)C)[C@@H]2[C@H]1[C@@H]1C=C[C@H]2C1. The lowest BCUT2D eigenvalue weighted by Crippen LogP contribution is -2.48. The van der Waals surface area contributed by atoms with Crippen LogP contribution in [-0.4, -0.2) is 28.8 Å². The van der Waals surface area contributed by atoms with Crippen LogP contribution in [0, 0.1) is 23.7 Å². The first-order valence-electron chi connectivity index (χ1n) is 8.36. The second kappa shape index (κ2) is 5.19. The molecule has 1 saturated carbocycles. The largest absolute Gasteiger partial charge is 0.411 e. The van der Waals surface area contributed by atoms with Crippen molar-refractivity contribution in [2.75, 3.05) is 0 Å². The molecule has 0 unspecified atom stereocenters. The van der Waals surface area contributed by atoms with Gasteiger partial charge in [0.2, 0.25) is 0 Å². The lowest BCUT2D eigenvalue weighted by molar-refractivity contribution is 0.0434. The summed E-state index contributed by atoms with van der Waals surface area (Å²) in [4.78, 5) is 0. The summed E-state index contributed by atoms with van der Waals surface area (Å²) in [6.07, 6.45) is 11.5. The predicted octanol–water partition coefficient (Wildman–Crippen LogP) is 4.43. The van der Waals surface area contributed by atoms with Gasteiger partial charge in [0, 0.05) is 0 Å². The van der Waals surface area contributed by atoms with Crippen molar-refractivity contribution in [3.05, 3.63) is 24.3 Å². The van der Waals surface area contributed by atoms with E-state index in [1.165, 1.54) is 6.42 Å². The maximum atomic E-state index is 6.50. The average molecular weight is 323 g/mol. The standard InChI is InChI=1S/C17H30O2Si2/c1-20(2,3)18-14-9-10-15(19-21(4,5)6)17-13-8-7-12(11-13)16(14)17/h7-10,12-17H,11H2,1-6H3/t12-,13+,14+,15-,16+,17-. The highest BCUT2D eigenvalue weighted by Crippen LogP contribution is 2.54. The van der Waals surface area contributed by atoms with Gasteiger partial charge < -0.3 is 8.85 Å². The molecule has 2 nitrogen and oxygen atoms in total. The van der Waals surface area contributed by atoms with Crippen LogP contribution < -0.4 is 0 Å². The second-order valence-corrected chi connectivity index (χ2v) is 17.8. The van der Waals surface area contributed by atoms with Crippen molar-refractivity contribution in [1.29, 1.82) is 0 Å². The Balaban J connectivity index is 1.85. The second-order valence-electron chi connectivity index (χ2n) is 8.88. The normalized spacial score (nSPS) is 41.6. The third-order valence-electron chi connectivity index (χ3n) is 4.81. The van der Waals surface area contributed by atoms with Gasteiger partial charge in [-0.2, -0.15) is 0 Å². The Morgan fingerprint density at radius 2 is 1.05 bits per heavy atom. The summed E-state index contributed by atoms with van der Waals surface area (Å²) in [7, 11) is -3.02. The monoisotopic (exact) mass is 322 g/mol. The minimum atomic E-state index is -1.51. The van der Waals surface area contributed by atoms with E-state index in [9.17, 15) is 0 Å². The number of fused-ring (bicyclic) bond motifs is 5. The molecule has 0 aromatic heterocycles. The number of allylic oxidation sites excluding steroid dienone is 2. The first-order chi connectivity index (χ1) is 9.64. The maximum Gasteiger partial charge on any atom is 0.184 e. The Labute approximate surface area is 131 Å². The lowest BCUT2D eigenvalue weighted by atomic mass is 9.73. The molecule has 4 heteroatoms. The Morgan fingerprint density at radius 3 is 1.38 bits per heavy atom. The van der Waals surface area contributed by atoms with Gasteiger partial charge >= 0.3 is 0 Å². The van der Waals surface area contributed by atoms with Crippen LogP contribution >= 0.6 is 0 Å². The molecule has 0 radical (unpaired) electrons. The van der Waals surface area contributed by atoms with Crippen LogP contribution in [0.25, 0.3) is 0 Å². The summed E-state index contributed by atoms with van der Waals surface area (Å²) in [5.74, 6) is 2.69. The summed E-state index contributed by atoms with van der Waals surface area (Å²) in [6.45, 7) is 13.8. The van der Waals surface area contributed by atoms with Crippen molar-refractivity contribution in [3.63, 3.8) is 0 Å². The Morgan fingerprint density at radius 1 is 0.667 bits per heavy atom. The molecule has 3 rings (SSSR count). The van der Waals surface area contributed by atoms with Gasteiger partial charge in [0.05, 0.1) is 12.2 Å². The van der Waals surface area contributed by atoms with E-state index in [1.54, 1.807) is 0 Å². The Bertz CT molecular complexity index is 418. The first kappa shape index (κ1) is 15.7. The van der Waals surface area contributed by atoms with Crippen LogP contribution in [0.4, 0.5) is 0 Å². The molecule has 3 aliphatic rings. The molecular weight excluding hydrogens is 292 g/mol. The summed E-state index contributed by atoms with van der Waals surface area (Å²) in [6, 6.07) is 0. The summed E-state index contributed by atoms with van der Waals surface area (Å²) in [5.41, 5.74) is 0. The molecule has 0 spiro atoms. The van der Waals surface area contributed by atoms with Crippen LogP contribution in [0.5, 0.6) is 0 Å². The summed E-state index contributed by atoms with van der Waals surface area (Å²) < 4.78 is 13.0. The number of hydrogen-bond acceptors (Lipinski definition) is 2. The molecule has 3 aliphatic carbocycles. The van der Waals surface area contributed by atoms with Crippen molar-refractivity contribution < 1.29 is 8.85 Å². The van der Waals surface area contributed by atoms with E-state index in [1.807, 2.05) is 0 Å². The van der Waals surface area contributed by atoms with Gasteiger partial charge in [-0.05, 0) is 69.4 Å². The van der Waals surface area contributed by atoms with Crippen LogP contribution in [0.3, 0.4) is 0 Å². The molecular formula is C17H30O2Si2.